The van der Waals surface area contributed by atoms with Gasteiger partial charge in [-0.2, -0.15) is 0 Å². The molecule has 0 bridgehead atoms. The van der Waals surface area contributed by atoms with Crippen molar-refractivity contribution in [1.82, 2.24) is 0 Å². The van der Waals surface area contributed by atoms with Gasteiger partial charge >= 0.3 is 10.0 Å². The molecule has 0 aromatic carbocycles. The first kappa shape index (κ1) is 17.5. The molecule has 102 valence electrons. The van der Waals surface area contributed by atoms with E-state index in [2.05, 4.69) is 26.2 Å². The van der Waals surface area contributed by atoms with Crippen LogP contribution in [0.4, 0.5) is 0 Å². The molecule has 7 heteroatoms. The average Bonchev–Trinajstić information content (AvgIpc) is 2.23. The zero-order valence-electron chi connectivity index (χ0n) is 11.7. The van der Waals surface area contributed by atoms with Crippen LogP contribution >= 0.6 is 0 Å². The molecule has 0 saturated heterocycles. The van der Waals surface area contributed by atoms with E-state index in [4.69, 9.17) is 19.7 Å². The van der Waals surface area contributed by atoms with Gasteiger partial charge in [-0.1, -0.05) is 0 Å². The first-order valence-electron chi connectivity index (χ1n) is 6.34. The summed E-state index contributed by atoms with van der Waals surface area (Å²) in [5, 5.41) is 0. The van der Waals surface area contributed by atoms with Crippen molar-refractivity contribution in [2.75, 3.05) is 13.1 Å². The van der Waals surface area contributed by atoms with Crippen LogP contribution in [0, 0.1) is 0 Å². The minimum absolute atomic E-state index is 0.199. The van der Waals surface area contributed by atoms with Gasteiger partial charge in [-0.3, -0.25) is 0 Å². The highest BCUT2D eigenvalue weighted by Gasteiger charge is 2.26. The van der Waals surface area contributed by atoms with Gasteiger partial charge in [0.25, 0.3) is 0 Å². The molecule has 0 heterocycles. The molecule has 0 saturated carbocycles. The molecular formula is C10H28N2O2Si3. The Bertz CT molecular complexity index is 184. The van der Waals surface area contributed by atoms with Gasteiger partial charge < -0.3 is 19.7 Å². The van der Waals surface area contributed by atoms with Gasteiger partial charge in [0.1, 0.15) is 0 Å². The van der Waals surface area contributed by atoms with Crippen molar-refractivity contribution in [3.8, 4) is 0 Å². The predicted molar refractivity (Wildman–Crippen MR) is 79.8 cm³/mol. The fourth-order valence-electron chi connectivity index (χ4n) is 1.40. The van der Waals surface area contributed by atoms with Crippen LogP contribution in [0.1, 0.15) is 12.8 Å². The van der Waals surface area contributed by atoms with Gasteiger partial charge in [0.05, 0.1) is 0 Å². The lowest BCUT2D eigenvalue weighted by molar-refractivity contribution is 0.446. The molecule has 0 aliphatic heterocycles. The Morgan fingerprint density at radius 2 is 1.18 bits per heavy atom. The minimum Gasteiger partial charge on any atom is -0.435 e. The standard InChI is InChI=1S/C10H28N2O2Si3/c1-16(2,9-5-7-11)13-15-14-17(3,4)10-6-8-12/h5-12H2,1-4H3. The topological polar surface area (TPSA) is 70.5 Å². The van der Waals surface area contributed by atoms with Crippen molar-refractivity contribution >= 4 is 26.6 Å². The van der Waals surface area contributed by atoms with Crippen LogP contribution in [0.15, 0.2) is 0 Å². The summed E-state index contributed by atoms with van der Waals surface area (Å²) in [6.07, 6.45) is 2.11. The summed E-state index contributed by atoms with van der Waals surface area (Å²) < 4.78 is 11.9. The van der Waals surface area contributed by atoms with Gasteiger partial charge in [0, 0.05) is 0 Å². The summed E-state index contributed by atoms with van der Waals surface area (Å²) in [6, 6.07) is 2.23. The largest absolute Gasteiger partial charge is 0.435 e. The van der Waals surface area contributed by atoms with E-state index in [9.17, 15) is 0 Å². The molecule has 0 aromatic heterocycles. The van der Waals surface area contributed by atoms with Gasteiger partial charge in [-0.15, -0.1) is 0 Å². The Hall–Kier alpha value is 0.491. The molecule has 0 amide bonds. The lowest BCUT2D eigenvalue weighted by Crippen LogP contribution is -2.39. The second kappa shape index (κ2) is 8.57. The van der Waals surface area contributed by atoms with Gasteiger partial charge in [-0.05, 0) is 64.2 Å². The highest BCUT2D eigenvalue weighted by atomic mass is 28.4. The second-order valence-corrected chi connectivity index (χ2v) is 15.4. The fraction of sp³-hybridized carbons (Fsp3) is 1.00. The molecule has 0 aliphatic rings. The first-order valence-corrected chi connectivity index (χ1v) is 13.4. The van der Waals surface area contributed by atoms with E-state index in [0.717, 1.165) is 38.0 Å². The van der Waals surface area contributed by atoms with Crippen LogP contribution in [-0.4, -0.2) is 39.7 Å². The predicted octanol–water partition coefficient (Wildman–Crippen LogP) is 1.66. The average molecular weight is 293 g/mol. The molecule has 0 unspecified atom stereocenters. The van der Waals surface area contributed by atoms with E-state index in [1.165, 1.54) is 0 Å². The van der Waals surface area contributed by atoms with E-state index in [-0.39, 0.29) is 10.0 Å². The maximum atomic E-state index is 5.94. The third kappa shape index (κ3) is 10.1. The maximum absolute atomic E-state index is 5.94. The lowest BCUT2D eigenvalue weighted by Gasteiger charge is -2.26. The van der Waals surface area contributed by atoms with E-state index in [1.807, 2.05) is 0 Å². The number of hydrogen-bond donors (Lipinski definition) is 2. The Labute approximate surface area is 111 Å². The zero-order chi connectivity index (χ0) is 13.4. The molecule has 0 aliphatic carbocycles. The van der Waals surface area contributed by atoms with Crippen molar-refractivity contribution in [3.63, 3.8) is 0 Å². The van der Waals surface area contributed by atoms with E-state index >= 15 is 0 Å². The molecule has 0 spiro atoms. The molecular weight excluding hydrogens is 264 g/mol. The summed E-state index contributed by atoms with van der Waals surface area (Å²) in [6.45, 7) is 10.4. The Morgan fingerprint density at radius 3 is 1.47 bits per heavy atom. The van der Waals surface area contributed by atoms with E-state index < -0.39 is 16.6 Å². The molecule has 0 rings (SSSR count). The second-order valence-electron chi connectivity index (χ2n) is 5.59. The van der Waals surface area contributed by atoms with Crippen molar-refractivity contribution in [2.45, 2.75) is 51.1 Å². The van der Waals surface area contributed by atoms with Crippen LogP contribution in [-0.2, 0) is 8.23 Å². The van der Waals surface area contributed by atoms with Crippen molar-refractivity contribution < 1.29 is 8.23 Å². The number of hydrogen-bond acceptors (Lipinski definition) is 4. The Kier molecular flexibility index (Phi) is 8.82. The van der Waals surface area contributed by atoms with Crippen LogP contribution in [0.2, 0.25) is 38.3 Å². The number of nitrogens with two attached hydrogens (primary N) is 2. The molecule has 4 N–H and O–H groups in total. The van der Waals surface area contributed by atoms with Crippen molar-refractivity contribution in [1.29, 1.82) is 0 Å². The summed E-state index contributed by atoms with van der Waals surface area (Å²) in [5.74, 6) is 0. The van der Waals surface area contributed by atoms with Crippen LogP contribution < -0.4 is 11.5 Å². The number of rotatable bonds is 10. The third-order valence-electron chi connectivity index (χ3n) is 2.60. The van der Waals surface area contributed by atoms with Gasteiger partial charge in [0.15, 0.2) is 16.6 Å². The SMILES string of the molecule is C[Si](C)(CCCN)O[Si]O[Si](C)(C)CCCN. The minimum atomic E-state index is -1.55. The molecule has 0 atom stereocenters. The fourth-order valence-corrected chi connectivity index (χ4v) is 6.68. The Balaban J connectivity index is 3.80. The van der Waals surface area contributed by atoms with E-state index in [1.54, 1.807) is 0 Å². The first-order chi connectivity index (χ1) is 7.83. The van der Waals surface area contributed by atoms with Gasteiger partial charge in [-0.25, -0.2) is 0 Å². The van der Waals surface area contributed by atoms with Crippen molar-refractivity contribution in [3.05, 3.63) is 0 Å². The maximum Gasteiger partial charge on any atom is 0.410 e. The smallest absolute Gasteiger partial charge is 0.410 e. The van der Waals surface area contributed by atoms with Crippen LogP contribution in [0.25, 0.3) is 0 Å². The molecule has 2 radical (unpaired) electrons. The molecule has 4 nitrogen and oxygen atoms in total. The van der Waals surface area contributed by atoms with Crippen molar-refractivity contribution in [2.24, 2.45) is 11.5 Å². The molecule has 0 aromatic rings. The molecule has 0 fully saturated rings. The van der Waals surface area contributed by atoms with Crippen LogP contribution in [0.5, 0.6) is 0 Å². The summed E-state index contributed by atoms with van der Waals surface area (Å²) in [5.41, 5.74) is 11.0. The summed E-state index contributed by atoms with van der Waals surface area (Å²) in [7, 11) is -2.90. The highest BCUT2D eigenvalue weighted by Crippen LogP contribution is 2.16. The monoisotopic (exact) mass is 292 g/mol. The zero-order valence-corrected chi connectivity index (χ0v) is 14.7. The van der Waals surface area contributed by atoms with Gasteiger partial charge in [0.2, 0.25) is 0 Å². The normalized spacial score (nSPS) is 13.1. The summed E-state index contributed by atoms with van der Waals surface area (Å²) >= 11 is 0. The third-order valence-corrected chi connectivity index (χ3v) is 10.8. The van der Waals surface area contributed by atoms with Crippen LogP contribution in [0.3, 0.4) is 0 Å². The quantitative estimate of drug-likeness (QED) is 0.601. The molecule has 17 heavy (non-hydrogen) atoms. The summed E-state index contributed by atoms with van der Waals surface area (Å²) in [4.78, 5) is 0. The lowest BCUT2D eigenvalue weighted by atomic mass is 10.5. The van der Waals surface area contributed by atoms with E-state index in [0.29, 0.717) is 0 Å². The highest BCUT2D eigenvalue weighted by molar-refractivity contribution is 6.78. The Morgan fingerprint density at radius 1 is 0.824 bits per heavy atom.